The Labute approximate surface area is 122 Å². The van der Waals surface area contributed by atoms with E-state index in [0.717, 1.165) is 32.4 Å². The van der Waals surface area contributed by atoms with Crippen molar-refractivity contribution in [3.63, 3.8) is 0 Å². The number of hydrogen-bond donors (Lipinski definition) is 2. The van der Waals surface area contributed by atoms with E-state index < -0.39 is 0 Å². The van der Waals surface area contributed by atoms with Crippen molar-refractivity contribution in [1.82, 2.24) is 15.0 Å². The van der Waals surface area contributed by atoms with Crippen molar-refractivity contribution in [2.45, 2.75) is 24.8 Å². The Morgan fingerprint density at radius 3 is 2.60 bits per heavy atom. The molecule has 1 saturated carbocycles. The van der Waals surface area contributed by atoms with Crippen LogP contribution in [-0.4, -0.2) is 58.5 Å². The van der Waals surface area contributed by atoms with E-state index in [9.17, 15) is 5.11 Å². The van der Waals surface area contributed by atoms with E-state index in [0.29, 0.717) is 25.1 Å². The Kier molecular flexibility index (Phi) is 3.91. The summed E-state index contributed by atoms with van der Waals surface area (Å²) in [6.45, 7) is 2.87. The quantitative estimate of drug-likeness (QED) is 0.846. The summed E-state index contributed by atoms with van der Waals surface area (Å²) in [7, 11) is 0. The Bertz CT molecular complexity index is 471. The van der Waals surface area contributed by atoms with E-state index in [1.165, 1.54) is 0 Å². The minimum absolute atomic E-state index is 0.0726. The molecular weight excluding hydrogens is 282 g/mol. The number of hydrogen-bond acceptors (Lipinski definition) is 7. The average molecular weight is 300 g/mol. The van der Waals surface area contributed by atoms with Crippen molar-refractivity contribution >= 4 is 23.5 Å². The van der Waals surface area contributed by atoms with Gasteiger partial charge in [-0.05, 0) is 30.9 Å². The van der Waals surface area contributed by atoms with Crippen LogP contribution in [0.3, 0.4) is 0 Å². The Morgan fingerprint density at radius 1 is 1.25 bits per heavy atom. The van der Waals surface area contributed by atoms with Gasteiger partial charge in [0.2, 0.25) is 17.2 Å². The lowest BCUT2D eigenvalue weighted by molar-refractivity contribution is 0.122. The second-order valence-electron chi connectivity index (χ2n) is 5.24. The SMILES string of the molecule is OCC1(Nc2nc(Cl)nc(N3CCOCC3)n2)CCC1. The molecule has 0 unspecified atom stereocenters. The monoisotopic (exact) mass is 299 g/mol. The van der Waals surface area contributed by atoms with Gasteiger partial charge in [0, 0.05) is 13.1 Å². The first-order chi connectivity index (χ1) is 9.71. The van der Waals surface area contributed by atoms with Crippen molar-refractivity contribution in [2.75, 3.05) is 43.1 Å². The van der Waals surface area contributed by atoms with Crippen LogP contribution in [0.15, 0.2) is 0 Å². The fourth-order valence-corrected chi connectivity index (χ4v) is 2.62. The lowest BCUT2D eigenvalue weighted by Crippen LogP contribution is -2.49. The summed E-state index contributed by atoms with van der Waals surface area (Å²) >= 11 is 5.98. The molecule has 1 aromatic rings. The fourth-order valence-electron chi connectivity index (χ4n) is 2.46. The number of morpholine rings is 1. The van der Waals surface area contributed by atoms with Gasteiger partial charge in [0.1, 0.15) is 0 Å². The van der Waals surface area contributed by atoms with Crippen molar-refractivity contribution < 1.29 is 9.84 Å². The normalized spacial score (nSPS) is 21.4. The van der Waals surface area contributed by atoms with Gasteiger partial charge in [-0.1, -0.05) is 0 Å². The van der Waals surface area contributed by atoms with Crippen LogP contribution in [0.4, 0.5) is 11.9 Å². The number of ether oxygens (including phenoxy) is 1. The van der Waals surface area contributed by atoms with Gasteiger partial charge in [0.15, 0.2) is 0 Å². The van der Waals surface area contributed by atoms with Gasteiger partial charge in [-0.3, -0.25) is 0 Å². The van der Waals surface area contributed by atoms with Gasteiger partial charge >= 0.3 is 0 Å². The molecule has 0 aromatic carbocycles. The lowest BCUT2D eigenvalue weighted by Gasteiger charge is -2.41. The third-order valence-corrected chi connectivity index (χ3v) is 4.05. The molecule has 1 aliphatic carbocycles. The molecule has 1 aliphatic heterocycles. The molecule has 8 heteroatoms. The molecule has 1 aromatic heterocycles. The van der Waals surface area contributed by atoms with Crippen molar-refractivity contribution in [1.29, 1.82) is 0 Å². The minimum atomic E-state index is -0.299. The van der Waals surface area contributed by atoms with Gasteiger partial charge in [-0.2, -0.15) is 15.0 Å². The highest BCUT2D eigenvalue weighted by molar-refractivity contribution is 6.28. The van der Waals surface area contributed by atoms with Crippen LogP contribution in [-0.2, 0) is 4.74 Å². The zero-order valence-corrected chi connectivity index (χ0v) is 11.9. The van der Waals surface area contributed by atoms with Crippen molar-refractivity contribution in [2.24, 2.45) is 0 Å². The molecule has 1 saturated heterocycles. The Morgan fingerprint density at radius 2 is 2.00 bits per heavy atom. The number of rotatable bonds is 4. The molecular formula is C12H18ClN5O2. The summed E-state index contributed by atoms with van der Waals surface area (Å²) in [4.78, 5) is 14.7. The van der Waals surface area contributed by atoms with E-state index in [4.69, 9.17) is 16.3 Å². The van der Waals surface area contributed by atoms with Gasteiger partial charge < -0.3 is 20.1 Å². The highest BCUT2D eigenvalue weighted by atomic mass is 35.5. The third kappa shape index (κ3) is 2.79. The lowest BCUT2D eigenvalue weighted by atomic mass is 9.77. The highest BCUT2D eigenvalue weighted by Crippen LogP contribution is 2.34. The van der Waals surface area contributed by atoms with Crippen LogP contribution >= 0.6 is 11.6 Å². The van der Waals surface area contributed by atoms with Crippen LogP contribution < -0.4 is 10.2 Å². The molecule has 2 fully saturated rings. The van der Waals surface area contributed by atoms with Crippen LogP contribution in [0.1, 0.15) is 19.3 Å². The summed E-state index contributed by atoms with van der Waals surface area (Å²) < 4.78 is 5.31. The predicted octanol–water partition coefficient (Wildman–Crippen LogP) is 0.688. The Hall–Kier alpha value is -1.18. The predicted molar refractivity (Wildman–Crippen MR) is 75.2 cm³/mol. The van der Waals surface area contributed by atoms with Crippen LogP contribution in [0.25, 0.3) is 0 Å². The summed E-state index contributed by atoms with van der Waals surface area (Å²) in [5, 5.41) is 12.9. The number of halogens is 1. The summed E-state index contributed by atoms with van der Waals surface area (Å²) in [5.41, 5.74) is -0.299. The van der Waals surface area contributed by atoms with E-state index in [2.05, 4.69) is 20.3 Å². The molecule has 0 atom stereocenters. The first-order valence-corrected chi connectivity index (χ1v) is 7.22. The zero-order valence-electron chi connectivity index (χ0n) is 11.2. The zero-order chi connectivity index (χ0) is 14.0. The smallest absolute Gasteiger partial charge is 0.231 e. The molecule has 2 N–H and O–H groups in total. The summed E-state index contributed by atoms with van der Waals surface area (Å²) in [5.74, 6) is 0.989. The second kappa shape index (κ2) is 5.67. The van der Waals surface area contributed by atoms with Gasteiger partial charge in [-0.15, -0.1) is 0 Å². The number of aliphatic hydroxyl groups excluding tert-OH is 1. The Balaban J connectivity index is 1.79. The van der Waals surface area contributed by atoms with Crippen LogP contribution in [0.5, 0.6) is 0 Å². The number of anilines is 2. The van der Waals surface area contributed by atoms with Crippen LogP contribution in [0, 0.1) is 0 Å². The maximum atomic E-state index is 9.49. The highest BCUT2D eigenvalue weighted by Gasteiger charge is 2.37. The first kappa shape index (κ1) is 13.8. The van der Waals surface area contributed by atoms with E-state index >= 15 is 0 Å². The summed E-state index contributed by atoms with van der Waals surface area (Å²) in [6.07, 6.45) is 2.93. The largest absolute Gasteiger partial charge is 0.394 e. The van der Waals surface area contributed by atoms with Crippen molar-refractivity contribution in [3.8, 4) is 0 Å². The summed E-state index contributed by atoms with van der Waals surface area (Å²) in [6, 6.07) is 0. The molecule has 0 bridgehead atoms. The van der Waals surface area contributed by atoms with E-state index in [1.54, 1.807) is 0 Å². The maximum Gasteiger partial charge on any atom is 0.231 e. The first-order valence-electron chi connectivity index (χ1n) is 6.84. The van der Waals surface area contributed by atoms with Gasteiger partial charge in [0.05, 0.1) is 25.4 Å². The topological polar surface area (TPSA) is 83.4 Å². The molecule has 20 heavy (non-hydrogen) atoms. The molecule has 110 valence electrons. The second-order valence-corrected chi connectivity index (χ2v) is 5.58. The molecule has 7 nitrogen and oxygen atoms in total. The number of aliphatic hydroxyl groups is 1. The molecule has 3 rings (SSSR count). The van der Waals surface area contributed by atoms with Crippen LogP contribution in [0.2, 0.25) is 5.28 Å². The molecule has 2 aliphatic rings. The van der Waals surface area contributed by atoms with E-state index in [1.807, 2.05) is 4.90 Å². The average Bonchev–Trinajstić information content (AvgIpc) is 2.43. The molecule has 0 radical (unpaired) electrons. The van der Waals surface area contributed by atoms with Gasteiger partial charge in [-0.25, -0.2) is 0 Å². The number of aromatic nitrogens is 3. The maximum absolute atomic E-state index is 9.49. The fraction of sp³-hybridized carbons (Fsp3) is 0.750. The third-order valence-electron chi connectivity index (χ3n) is 3.88. The number of nitrogens with zero attached hydrogens (tertiary/aromatic N) is 4. The van der Waals surface area contributed by atoms with E-state index in [-0.39, 0.29) is 17.4 Å². The number of nitrogens with one attached hydrogen (secondary N) is 1. The molecule has 0 amide bonds. The standard InChI is InChI=1S/C12H18ClN5O2/c13-9-14-10(17-12(8-19)2-1-3-12)16-11(15-9)18-4-6-20-7-5-18/h19H,1-8H2,(H,14,15,16,17). The molecule has 0 spiro atoms. The molecule has 2 heterocycles. The van der Waals surface area contributed by atoms with Gasteiger partial charge in [0.25, 0.3) is 0 Å². The van der Waals surface area contributed by atoms with Crippen molar-refractivity contribution in [3.05, 3.63) is 5.28 Å². The minimum Gasteiger partial charge on any atom is -0.394 e.